The maximum Gasteiger partial charge on any atom is 0.142 e. The summed E-state index contributed by atoms with van der Waals surface area (Å²) >= 11 is 0. The van der Waals surface area contributed by atoms with Crippen LogP contribution in [0.3, 0.4) is 0 Å². The van der Waals surface area contributed by atoms with E-state index < -0.39 is 0 Å². The summed E-state index contributed by atoms with van der Waals surface area (Å²) < 4.78 is 5.51. The molecule has 2 heteroatoms. The minimum absolute atomic E-state index is 0.643. The third kappa shape index (κ3) is 3.29. The zero-order valence-electron chi connectivity index (χ0n) is 9.21. The number of anilines is 1. The third-order valence-corrected chi connectivity index (χ3v) is 1.89. The first-order valence-corrected chi connectivity index (χ1v) is 5.19. The number of hydrogen-bond acceptors (Lipinski definition) is 2. The highest BCUT2D eigenvalue weighted by molar-refractivity contribution is 5.56. The van der Waals surface area contributed by atoms with Crippen LogP contribution in [0.5, 0.6) is 5.75 Å². The fourth-order valence-corrected chi connectivity index (χ4v) is 1.21. The van der Waals surface area contributed by atoms with Gasteiger partial charge in [0.05, 0.1) is 12.3 Å². The molecule has 0 unspecified atom stereocenters. The Kier molecular flexibility index (Phi) is 4.30. The van der Waals surface area contributed by atoms with Crippen molar-refractivity contribution in [2.75, 3.05) is 18.5 Å². The Morgan fingerprint density at radius 1 is 1.29 bits per heavy atom. The smallest absolute Gasteiger partial charge is 0.142 e. The lowest BCUT2D eigenvalue weighted by Gasteiger charge is -2.13. The Balaban J connectivity index is 2.64. The average molecular weight is 193 g/mol. The van der Waals surface area contributed by atoms with E-state index >= 15 is 0 Å². The lowest BCUT2D eigenvalue weighted by molar-refractivity contribution is 0.341. The third-order valence-electron chi connectivity index (χ3n) is 1.89. The van der Waals surface area contributed by atoms with Gasteiger partial charge < -0.3 is 10.1 Å². The van der Waals surface area contributed by atoms with Crippen LogP contribution in [-0.4, -0.2) is 13.2 Å². The van der Waals surface area contributed by atoms with Gasteiger partial charge in [0, 0.05) is 6.54 Å². The van der Waals surface area contributed by atoms with E-state index in [1.54, 1.807) is 0 Å². The van der Waals surface area contributed by atoms with Gasteiger partial charge in [0.2, 0.25) is 0 Å². The largest absolute Gasteiger partial charge is 0.492 e. The summed E-state index contributed by atoms with van der Waals surface area (Å²) in [4.78, 5) is 0. The van der Waals surface area contributed by atoms with E-state index in [0.717, 1.165) is 18.0 Å². The fraction of sp³-hybridized carbons (Fsp3) is 0.500. The molecule has 1 aromatic rings. The molecule has 0 spiro atoms. The first-order chi connectivity index (χ1) is 6.74. The minimum atomic E-state index is 0.643. The molecule has 1 aromatic carbocycles. The van der Waals surface area contributed by atoms with Gasteiger partial charge in [-0.3, -0.25) is 0 Å². The van der Waals surface area contributed by atoms with Gasteiger partial charge in [-0.05, 0) is 25.0 Å². The number of para-hydroxylation sites is 2. The predicted molar refractivity (Wildman–Crippen MR) is 60.9 cm³/mol. The molecule has 2 nitrogen and oxygen atoms in total. The van der Waals surface area contributed by atoms with Crippen LogP contribution in [0.4, 0.5) is 5.69 Å². The molecule has 0 fully saturated rings. The second-order valence-electron chi connectivity index (χ2n) is 3.70. The van der Waals surface area contributed by atoms with Gasteiger partial charge >= 0.3 is 0 Å². The SMILES string of the molecule is CCOc1ccccc1NCC(C)C. The highest BCUT2D eigenvalue weighted by Gasteiger charge is 2.01. The summed E-state index contributed by atoms with van der Waals surface area (Å²) in [6.07, 6.45) is 0. The summed E-state index contributed by atoms with van der Waals surface area (Å²) in [5.74, 6) is 1.58. The van der Waals surface area contributed by atoms with Crippen molar-refractivity contribution in [2.45, 2.75) is 20.8 Å². The number of ether oxygens (including phenoxy) is 1. The summed E-state index contributed by atoms with van der Waals surface area (Å²) in [5.41, 5.74) is 1.09. The van der Waals surface area contributed by atoms with E-state index in [4.69, 9.17) is 4.74 Å². The molecule has 0 saturated carbocycles. The van der Waals surface area contributed by atoms with E-state index in [9.17, 15) is 0 Å². The van der Waals surface area contributed by atoms with Gasteiger partial charge in [-0.1, -0.05) is 26.0 Å². The monoisotopic (exact) mass is 193 g/mol. The Morgan fingerprint density at radius 2 is 2.00 bits per heavy atom. The number of rotatable bonds is 5. The van der Waals surface area contributed by atoms with Crippen LogP contribution < -0.4 is 10.1 Å². The van der Waals surface area contributed by atoms with Crippen molar-refractivity contribution in [2.24, 2.45) is 5.92 Å². The molecule has 0 aliphatic heterocycles. The van der Waals surface area contributed by atoms with Crippen LogP contribution in [0.2, 0.25) is 0 Å². The number of benzene rings is 1. The van der Waals surface area contributed by atoms with E-state index in [1.807, 2.05) is 31.2 Å². The van der Waals surface area contributed by atoms with E-state index in [0.29, 0.717) is 12.5 Å². The Morgan fingerprint density at radius 3 is 2.64 bits per heavy atom. The van der Waals surface area contributed by atoms with Crippen LogP contribution in [0.1, 0.15) is 20.8 Å². The van der Waals surface area contributed by atoms with Gasteiger partial charge in [-0.2, -0.15) is 0 Å². The lowest BCUT2D eigenvalue weighted by Crippen LogP contribution is -2.09. The van der Waals surface area contributed by atoms with Crippen molar-refractivity contribution in [3.8, 4) is 5.75 Å². The van der Waals surface area contributed by atoms with Gasteiger partial charge in [0.25, 0.3) is 0 Å². The van der Waals surface area contributed by atoms with E-state index in [2.05, 4.69) is 19.2 Å². The van der Waals surface area contributed by atoms with Gasteiger partial charge in [-0.15, -0.1) is 0 Å². The average Bonchev–Trinajstić information content (AvgIpc) is 2.17. The molecule has 0 saturated heterocycles. The Bertz CT molecular complexity index is 271. The number of nitrogens with one attached hydrogen (secondary N) is 1. The van der Waals surface area contributed by atoms with Gasteiger partial charge in [0.15, 0.2) is 0 Å². The van der Waals surface area contributed by atoms with Gasteiger partial charge in [-0.25, -0.2) is 0 Å². The van der Waals surface area contributed by atoms with Crippen molar-refractivity contribution in [1.29, 1.82) is 0 Å². The summed E-state index contributed by atoms with van der Waals surface area (Å²) in [7, 11) is 0. The highest BCUT2D eigenvalue weighted by atomic mass is 16.5. The van der Waals surface area contributed by atoms with Crippen LogP contribution in [0.15, 0.2) is 24.3 Å². The molecule has 0 atom stereocenters. The molecule has 0 aliphatic rings. The summed E-state index contributed by atoms with van der Waals surface area (Å²) in [5, 5.41) is 3.37. The van der Waals surface area contributed by atoms with Crippen molar-refractivity contribution in [3.05, 3.63) is 24.3 Å². The molecule has 0 radical (unpaired) electrons. The minimum Gasteiger partial charge on any atom is -0.492 e. The fourth-order valence-electron chi connectivity index (χ4n) is 1.21. The quantitative estimate of drug-likeness (QED) is 0.775. The van der Waals surface area contributed by atoms with Crippen molar-refractivity contribution >= 4 is 5.69 Å². The van der Waals surface area contributed by atoms with Crippen LogP contribution in [-0.2, 0) is 0 Å². The van der Waals surface area contributed by atoms with Crippen molar-refractivity contribution in [1.82, 2.24) is 0 Å². The molecular weight excluding hydrogens is 174 g/mol. The molecule has 14 heavy (non-hydrogen) atoms. The molecule has 1 rings (SSSR count). The van der Waals surface area contributed by atoms with Crippen LogP contribution in [0.25, 0.3) is 0 Å². The summed E-state index contributed by atoms with van der Waals surface area (Å²) in [6, 6.07) is 8.05. The standard InChI is InChI=1S/C12H19NO/c1-4-14-12-8-6-5-7-11(12)13-9-10(2)3/h5-8,10,13H,4,9H2,1-3H3. The predicted octanol–water partition coefficient (Wildman–Crippen LogP) is 3.15. The maximum absolute atomic E-state index is 5.51. The normalized spacial score (nSPS) is 10.3. The maximum atomic E-state index is 5.51. The van der Waals surface area contributed by atoms with Crippen molar-refractivity contribution < 1.29 is 4.74 Å². The Hall–Kier alpha value is -1.18. The van der Waals surface area contributed by atoms with Crippen LogP contribution >= 0.6 is 0 Å². The zero-order chi connectivity index (χ0) is 10.4. The number of hydrogen-bond donors (Lipinski definition) is 1. The molecule has 0 aromatic heterocycles. The second-order valence-corrected chi connectivity index (χ2v) is 3.70. The molecular formula is C12H19NO. The van der Waals surface area contributed by atoms with E-state index in [-0.39, 0.29) is 0 Å². The molecule has 78 valence electrons. The lowest BCUT2D eigenvalue weighted by atomic mass is 10.2. The second kappa shape index (κ2) is 5.53. The molecule has 0 bridgehead atoms. The molecule has 0 amide bonds. The van der Waals surface area contributed by atoms with Crippen molar-refractivity contribution in [3.63, 3.8) is 0 Å². The topological polar surface area (TPSA) is 21.3 Å². The molecule has 0 aliphatic carbocycles. The molecule has 0 heterocycles. The van der Waals surface area contributed by atoms with Gasteiger partial charge in [0.1, 0.15) is 5.75 Å². The Labute approximate surface area is 86.3 Å². The highest BCUT2D eigenvalue weighted by Crippen LogP contribution is 2.23. The van der Waals surface area contributed by atoms with Crippen LogP contribution in [0, 0.1) is 5.92 Å². The van der Waals surface area contributed by atoms with E-state index in [1.165, 1.54) is 0 Å². The zero-order valence-corrected chi connectivity index (χ0v) is 9.21. The first-order valence-electron chi connectivity index (χ1n) is 5.19. The molecule has 1 N–H and O–H groups in total. The first kappa shape index (κ1) is 10.9. The summed E-state index contributed by atoms with van der Waals surface area (Å²) in [6.45, 7) is 8.07.